The number of nitrogens with one attached hydrogen (secondary N) is 2. The van der Waals surface area contributed by atoms with Crippen LogP contribution in [0.15, 0.2) is 29.4 Å². The van der Waals surface area contributed by atoms with Gasteiger partial charge in [-0.1, -0.05) is 35.5 Å². The van der Waals surface area contributed by atoms with E-state index in [9.17, 15) is 9.59 Å². The van der Waals surface area contributed by atoms with Gasteiger partial charge in [-0.05, 0) is 19.1 Å². The number of aromatic nitrogens is 3. The molecule has 2 rings (SSSR count). The molecule has 10 heteroatoms. The summed E-state index contributed by atoms with van der Waals surface area (Å²) in [4.78, 5) is 23.0. The van der Waals surface area contributed by atoms with E-state index in [2.05, 4.69) is 20.8 Å². The standard InChI is InChI=1S/C13H15ClN6O2S/c1-7(11(21)17-12(22)16-2)23-13-19-18-10(20(13)15)8-4-3-5-9(14)6-8/h3-7H,15H2,1-2H3,(H2,16,17,21,22)/t7-/m0/s1. The molecule has 0 aliphatic carbocycles. The maximum Gasteiger partial charge on any atom is 0.321 e. The van der Waals surface area contributed by atoms with Crippen LogP contribution in [0.5, 0.6) is 0 Å². The lowest BCUT2D eigenvalue weighted by Crippen LogP contribution is -2.41. The highest BCUT2D eigenvalue weighted by molar-refractivity contribution is 8.00. The number of imide groups is 1. The molecule has 1 atom stereocenters. The Hall–Kier alpha value is -2.26. The second-order valence-electron chi connectivity index (χ2n) is 4.51. The molecule has 1 aromatic carbocycles. The Kier molecular flexibility index (Phi) is 5.45. The van der Waals surface area contributed by atoms with Crippen molar-refractivity contribution < 1.29 is 9.59 Å². The lowest BCUT2D eigenvalue weighted by Gasteiger charge is -2.10. The van der Waals surface area contributed by atoms with Crippen LogP contribution in [-0.4, -0.2) is 39.1 Å². The summed E-state index contributed by atoms with van der Waals surface area (Å²) in [7, 11) is 1.42. The molecule has 0 saturated carbocycles. The smallest absolute Gasteiger partial charge is 0.321 e. The van der Waals surface area contributed by atoms with E-state index in [4.69, 9.17) is 17.4 Å². The number of nitrogens with zero attached hydrogens (tertiary/aromatic N) is 3. The van der Waals surface area contributed by atoms with E-state index in [1.165, 1.54) is 11.7 Å². The first-order valence-corrected chi connectivity index (χ1v) is 7.83. The minimum absolute atomic E-state index is 0.347. The molecule has 2 aromatic rings. The Morgan fingerprint density at radius 1 is 1.39 bits per heavy atom. The first kappa shape index (κ1) is 17.1. The van der Waals surface area contributed by atoms with Gasteiger partial charge in [0.2, 0.25) is 11.1 Å². The summed E-state index contributed by atoms with van der Waals surface area (Å²) in [5, 5.41) is 12.8. The monoisotopic (exact) mass is 354 g/mol. The fraction of sp³-hybridized carbons (Fsp3) is 0.231. The van der Waals surface area contributed by atoms with Crippen LogP contribution >= 0.6 is 23.4 Å². The third kappa shape index (κ3) is 4.14. The molecule has 0 bridgehead atoms. The number of hydrogen-bond donors (Lipinski definition) is 3. The molecular weight excluding hydrogens is 340 g/mol. The van der Waals surface area contributed by atoms with Crippen LogP contribution in [-0.2, 0) is 4.79 Å². The van der Waals surface area contributed by atoms with Crippen molar-refractivity contribution in [2.24, 2.45) is 0 Å². The third-order valence-electron chi connectivity index (χ3n) is 2.86. The number of thioether (sulfide) groups is 1. The Balaban J connectivity index is 2.13. The van der Waals surface area contributed by atoms with Crippen molar-refractivity contribution in [1.29, 1.82) is 0 Å². The van der Waals surface area contributed by atoms with Crippen molar-refractivity contribution in [3.8, 4) is 11.4 Å². The molecule has 1 aromatic heterocycles. The number of nitrogens with two attached hydrogens (primary N) is 1. The molecule has 0 radical (unpaired) electrons. The van der Waals surface area contributed by atoms with E-state index in [1.807, 2.05) is 0 Å². The highest BCUT2D eigenvalue weighted by Crippen LogP contribution is 2.26. The van der Waals surface area contributed by atoms with Crippen molar-refractivity contribution in [1.82, 2.24) is 25.5 Å². The Bertz CT molecular complexity index is 735. The molecule has 122 valence electrons. The van der Waals surface area contributed by atoms with Crippen LogP contribution in [0, 0.1) is 0 Å². The number of carbonyl (C=O) groups excluding carboxylic acids is 2. The Labute approximate surface area is 141 Å². The van der Waals surface area contributed by atoms with Gasteiger partial charge < -0.3 is 11.2 Å². The van der Waals surface area contributed by atoms with E-state index in [0.29, 0.717) is 21.6 Å². The molecule has 8 nitrogen and oxygen atoms in total. The normalized spacial score (nSPS) is 11.8. The Morgan fingerprint density at radius 2 is 2.13 bits per heavy atom. The van der Waals surface area contributed by atoms with E-state index in [0.717, 1.165) is 11.8 Å². The summed E-state index contributed by atoms with van der Waals surface area (Å²) in [6, 6.07) is 6.46. The lowest BCUT2D eigenvalue weighted by atomic mass is 10.2. The van der Waals surface area contributed by atoms with Gasteiger partial charge in [0.1, 0.15) is 0 Å². The first-order valence-electron chi connectivity index (χ1n) is 6.58. The van der Waals surface area contributed by atoms with Gasteiger partial charge in [0.15, 0.2) is 5.82 Å². The molecule has 23 heavy (non-hydrogen) atoms. The highest BCUT2D eigenvalue weighted by atomic mass is 35.5. The molecule has 0 saturated heterocycles. The zero-order chi connectivity index (χ0) is 17.0. The van der Waals surface area contributed by atoms with Crippen LogP contribution < -0.4 is 16.5 Å². The van der Waals surface area contributed by atoms with Crippen LogP contribution in [0.4, 0.5) is 4.79 Å². The first-order chi connectivity index (χ1) is 10.9. The van der Waals surface area contributed by atoms with Gasteiger partial charge in [-0.15, -0.1) is 10.2 Å². The SMILES string of the molecule is CNC(=O)NC(=O)[C@H](C)Sc1nnc(-c2cccc(Cl)c2)n1N. The zero-order valence-electron chi connectivity index (χ0n) is 12.4. The summed E-state index contributed by atoms with van der Waals surface area (Å²) >= 11 is 7.04. The fourth-order valence-electron chi connectivity index (χ4n) is 1.67. The van der Waals surface area contributed by atoms with Gasteiger partial charge >= 0.3 is 6.03 Å². The second kappa shape index (κ2) is 7.34. The van der Waals surface area contributed by atoms with Crippen molar-refractivity contribution >= 4 is 35.3 Å². The maximum absolute atomic E-state index is 11.8. The highest BCUT2D eigenvalue weighted by Gasteiger charge is 2.21. The predicted molar refractivity (Wildman–Crippen MR) is 88.5 cm³/mol. The third-order valence-corrected chi connectivity index (χ3v) is 4.15. The van der Waals surface area contributed by atoms with Crippen LogP contribution in [0.2, 0.25) is 5.02 Å². The van der Waals surface area contributed by atoms with Crippen LogP contribution in [0.3, 0.4) is 0 Å². The zero-order valence-corrected chi connectivity index (χ0v) is 14.0. The average molecular weight is 355 g/mol. The molecular formula is C13H15ClN6O2S. The fourth-order valence-corrected chi connectivity index (χ4v) is 2.63. The Morgan fingerprint density at radius 3 is 2.78 bits per heavy atom. The molecule has 0 fully saturated rings. The van der Waals surface area contributed by atoms with Gasteiger partial charge in [0, 0.05) is 17.6 Å². The number of amides is 3. The number of halogens is 1. The maximum atomic E-state index is 11.8. The van der Waals surface area contributed by atoms with E-state index < -0.39 is 17.2 Å². The molecule has 1 heterocycles. The number of nitrogen functional groups attached to an aromatic ring is 1. The van der Waals surface area contributed by atoms with Gasteiger partial charge in [-0.2, -0.15) is 0 Å². The van der Waals surface area contributed by atoms with Crippen LogP contribution in [0.25, 0.3) is 11.4 Å². The number of benzene rings is 1. The molecule has 0 aliphatic heterocycles. The molecule has 0 aliphatic rings. The summed E-state index contributed by atoms with van der Waals surface area (Å²) in [6.07, 6.45) is 0. The topological polar surface area (TPSA) is 115 Å². The van der Waals surface area contributed by atoms with Crippen molar-refractivity contribution in [2.45, 2.75) is 17.3 Å². The number of rotatable bonds is 4. The summed E-state index contributed by atoms with van der Waals surface area (Å²) < 4.78 is 1.28. The minimum Gasteiger partial charge on any atom is -0.341 e. The summed E-state index contributed by atoms with van der Waals surface area (Å²) in [5.74, 6) is 5.95. The van der Waals surface area contributed by atoms with Crippen LogP contribution in [0.1, 0.15) is 6.92 Å². The lowest BCUT2D eigenvalue weighted by molar-refractivity contribution is -0.119. The van der Waals surface area contributed by atoms with Crippen molar-refractivity contribution in [3.05, 3.63) is 29.3 Å². The molecule has 3 amide bonds. The summed E-state index contributed by atoms with van der Waals surface area (Å²) in [5.41, 5.74) is 0.710. The number of urea groups is 1. The largest absolute Gasteiger partial charge is 0.341 e. The molecule has 0 spiro atoms. The second-order valence-corrected chi connectivity index (χ2v) is 6.26. The van der Waals surface area contributed by atoms with E-state index >= 15 is 0 Å². The van der Waals surface area contributed by atoms with Crippen molar-refractivity contribution in [3.63, 3.8) is 0 Å². The van der Waals surface area contributed by atoms with Gasteiger partial charge in [0.25, 0.3) is 0 Å². The number of hydrogen-bond acceptors (Lipinski definition) is 6. The van der Waals surface area contributed by atoms with E-state index in [-0.39, 0.29) is 0 Å². The quantitative estimate of drug-likeness (QED) is 0.562. The number of carbonyl (C=O) groups is 2. The minimum atomic E-state index is -0.578. The average Bonchev–Trinajstić information content (AvgIpc) is 2.88. The predicted octanol–water partition coefficient (Wildman–Crippen LogP) is 1.25. The van der Waals surface area contributed by atoms with Gasteiger partial charge in [-0.3, -0.25) is 10.1 Å². The van der Waals surface area contributed by atoms with Gasteiger partial charge in [0.05, 0.1) is 5.25 Å². The van der Waals surface area contributed by atoms with Gasteiger partial charge in [-0.25, -0.2) is 9.47 Å². The summed E-state index contributed by atoms with van der Waals surface area (Å²) in [6.45, 7) is 1.64. The van der Waals surface area contributed by atoms with Crippen molar-refractivity contribution in [2.75, 3.05) is 12.9 Å². The molecule has 0 unspecified atom stereocenters. The van der Waals surface area contributed by atoms with E-state index in [1.54, 1.807) is 31.2 Å². The molecule has 4 N–H and O–H groups in total.